The number of amides is 2. The molecule has 0 aliphatic rings. The number of thioether (sulfide) groups is 1. The number of carbonyl (C=O) groups is 2. The molecule has 3 rings (SSSR count). The van der Waals surface area contributed by atoms with Gasteiger partial charge in [0.1, 0.15) is 5.76 Å². The Bertz CT molecular complexity index is 925. The second-order valence-corrected chi connectivity index (χ2v) is 6.98. The molecule has 2 N–H and O–H groups in total. The molecule has 0 radical (unpaired) electrons. The topological polar surface area (TPSA) is 115 Å². The van der Waals surface area contributed by atoms with Crippen LogP contribution in [0.1, 0.15) is 28.1 Å². The molecule has 146 valence electrons. The third kappa shape index (κ3) is 5.68. The van der Waals surface area contributed by atoms with Gasteiger partial charge in [0.25, 0.3) is 5.91 Å². The number of benzene rings is 1. The summed E-state index contributed by atoms with van der Waals surface area (Å²) in [5, 5.41) is 17.5. The number of rotatable bonds is 9. The average molecular weight is 400 g/mol. The van der Waals surface area contributed by atoms with Crippen LogP contribution in [-0.2, 0) is 24.9 Å². The Balaban J connectivity index is 1.42. The van der Waals surface area contributed by atoms with E-state index in [1.807, 2.05) is 6.07 Å². The molecule has 2 amide bonds. The highest BCUT2D eigenvalue weighted by molar-refractivity contribution is 7.99. The summed E-state index contributed by atoms with van der Waals surface area (Å²) < 4.78 is 6.76. The normalized spacial score (nSPS) is 10.6. The molecule has 2 heterocycles. The Labute approximate surface area is 165 Å². The summed E-state index contributed by atoms with van der Waals surface area (Å²) in [6.07, 6.45) is 1.91. The third-order valence-electron chi connectivity index (χ3n) is 3.82. The first kappa shape index (κ1) is 19.6. The van der Waals surface area contributed by atoms with Gasteiger partial charge in [-0.2, -0.15) is 0 Å². The van der Waals surface area contributed by atoms with Crippen molar-refractivity contribution in [3.63, 3.8) is 0 Å². The summed E-state index contributed by atoms with van der Waals surface area (Å²) in [6, 6.07) is 10.7. The zero-order valence-corrected chi connectivity index (χ0v) is 16.1. The van der Waals surface area contributed by atoms with Crippen molar-refractivity contribution in [2.45, 2.75) is 24.7 Å². The SMILES string of the molecule is Cn1nnnc1SCCC(=O)NCc1cccc(C(=O)NCc2ccco2)c1. The maximum absolute atomic E-state index is 12.3. The predicted molar refractivity (Wildman–Crippen MR) is 102 cm³/mol. The van der Waals surface area contributed by atoms with E-state index in [0.29, 0.717) is 41.7 Å². The molecule has 0 saturated heterocycles. The van der Waals surface area contributed by atoms with Crippen molar-refractivity contribution in [1.82, 2.24) is 30.8 Å². The predicted octanol–water partition coefficient (Wildman–Crippen LogP) is 1.53. The molecule has 0 atom stereocenters. The molecule has 0 spiro atoms. The molecule has 0 fully saturated rings. The van der Waals surface area contributed by atoms with Crippen molar-refractivity contribution >= 4 is 23.6 Å². The van der Waals surface area contributed by atoms with Crippen LogP contribution in [0.4, 0.5) is 0 Å². The summed E-state index contributed by atoms with van der Waals surface area (Å²) in [4.78, 5) is 24.3. The fraction of sp³-hybridized carbons (Fsp3) is 0.278. The van der Waals surface area contributed by atoms with E-state index in [1.54, 1.807) is 48.3 Å². The quantitative estimate of drug-likeness (QED) is 0.524. The molecule has 0 saturated carbocycles. The molecule has 1 aromatic carbocycles. The molecule has 28 heavy (non-hydrogen) atoms. The molecule has 0 bridgehead atoms. The van der Waals surface area contributed by atoms with Crippen LogP contribution >= 0.6 is 11.8 Å². The van der Waals surface area contributed by atoms with Gasteiger partial charge in [-0.15, -0.1) is 5.10 Å². The van der Waals surface area contributed by atoms with Gasteiger partial charge in [0.15, 0.2) is 0 Å². The van der Waals surface area contributed by atoms with Crippen LogP contribution in [0.3, 0.4) is 0 Å². The Hall–Kier alpha value is -3.14. The fourth-order valence-corrected chi connectivity index (χ4v) is 3.16. The zero-order chi connectivity index (χ0) is 19.8. The number of tetrazole rings is 1. The summed E-state index contributed by atoms with van der Waals surface area (Å²) in [6.45, 7) is 0.680. The molecule has 2 aromatic heterocycles. The van der Waals surface area contributed by atoms with Gasteiger partial charge < -0.3 is 15.1 Å². The molecule has 3 aromatic rings. The summed E-state index contributed by atoms with van der Waals surface area (Å²) in [5.74, 6) is 0.996. The van der Waals surface area contributed by atoms with Crippen LogP contribution in [0.2, 0.25) is 0 Å². The minimum Gasteiger partial charge on any atom is -0.467 e. The Morgan fingerprint density at radius 1 is 1.18 bits per heavy atom. The number of nitrogens with one attached hydrogen (secondary N) is 2. The minimum absolute atomic E-state index is 0.0738. The van der Waals surface area contributed by atoms with Crippen LogP contribution in [0.25, 0.3) is 0 Å². The fourth-order valence-electron chi connectivity index (χ4n) is 2.37. The Morgan fingerprint density at radius 3 is 2.82 bits per heavy atom. The number of hydrogen-bond acceptors (Lipinski definition) is 7. The first-order valence-corrected chi connectivity index (χ1v) is 9.62. The monoisotopic (exact) mass is 400 g/mol. The van der Waals surface area contributed by atoms with E-state index in [1.165, 1.54) is 11.8 Å². The second-order valence-electron chi connectivity index (χ2n) is 5.92. The van der Waals surface area contributed by atoms with E-state index < -0.39 is 0 Å². The van der Waals surface area contributed by atoms with E-state index in [9.17, 15) is 9.59 Å². The standard InChI is InChI=1S/C18H20N6O3S/c1-24-18(21-22-23-24)28-9-7-16(25)19-11-13-4-2-5-14(10-13)17(26)20-12-15-6-3-8-27-15/h2-6,8,10H,7,9,11-12H2,1H3,(H,19,25)(H,20,26). The molecular formula is C18H20N6O3S. The highest BCUT2D eigenvalue weighted by Crippen LogP contribution is 2.13. The van der Waals surface area contributed by atoms with Gasteiger partial charge in [0, 0.05) is 31.3 Å². The van der Waals surface area contributed by atoms with E-state index in [4.69, 9.17) is 4.42 Å². The number of nitrogens with zero attached hydrogens (tertiary/aromatic N) is 4. The summed E-state index contributed by atoms with van der Waals surface area (Å²) in [7, 11) is 1.75. The second kappa shape index (κ2) is 9.70. The van der Waals surface area contributed by atoms with Crippen LogP contribution in [0, 0.1) is 0 Å². The Kier molecular flexibility index (Phi) is 6.79. The van der Waals surface area contributed by atoms with E-state index in [-0.39, 0.29) is 11.8 Å². The van der Waals surface area contributed by atoms with Gasteiger partial charge in [-0.1, -0.05) is 23.9 Å². The lowest BCUT2D eigenvalue weighted by atomic mass is 10.1. The van der Waals surface area contributed by atoms with Gasteiger partial charge in [0.05, 0.1) is 12.8 Å². The first-order chi connectivity index (χ1) is 13.6. The van der Waals surface area contributed by atoms with E-state index in [2.05, 4.69) is 26.2 Å². The maximum Gasteiger partial charge on any atom is 0.251 e. The van der Waals surface area contributed by atoms with Crippen LogP contribution < -0.4 is 10.6 Å². The van der Waals surface area contributed by atoms with Crippen molar-refractivity contribution in [3.05, 3.63) is 59.5 Å². The number of carbonyl (C=O) groups excluding carboxylic acids is 2. The highest BCUT2D eigenvalue weighted by atomic mass is 32.2. The van der Waals surface area contributed by atoms with Gasteiger partial charge >= 0.3 is 0 Å². The lowest BCUT2D eigenvalue weighted by Crippen LogP contribution is -2.24. The van der Waals surface area contributed by atoms with Crippen molar-refractivity contribution in [2.75, 3.05) is 5.75 Å². The van der Waals surface area contributed by atoms with Gasteiger partial charge in [0.2, 0.25) is 11.1 Å². The molecule has 0 aliphatic heterocycles. The lowest BCUT2D eigenvalue weighted by molar-refractivity contribution is -0.120. The number of aryl methyl sites for hydroxylation is 1. The van der Waals surface area contributed by atoms with Gasteiger partial charge in [-0.05, 0) is 40.3 Å². The number of aromatic nitrogens is 4. The Morgan fingerprint density at radius 2 is 2.07 bits per heavy atom. The smallest absolute Gasteiger partial charge is 0.251 e. The van der Waals surface area contributed by atoms with Crippen LogP contribution in [-0.4, -0.2) is 37.8 Å². The lowest BCUT2D eigenvalue weighted by Gasteiger charge is -2.08. The third-order valence-corrected chi connectivity index (χ3v) is 4.84. The van der Waals surface area contributed by atoms with Crippen LogP contribution in [0.5, 0.6) is 0 Å². The molecule has 0 aliphatic carbocycles. The van der Waals surface area contributed by atoms with Crippen molar-refractivity contribution in [2.24, 2.45) is 7.05 Å². The van der Waals surface area contributed by atoms with Crippen LogP contribution in [0.15, 0.2) is 52.2 Å². The summed E-state index contributed by atoms with van der Waals surface area (Å²) in [5.41, 5.74) is 1.38. The van der Waals surface area contributed by atoms with Crippen molar-refractivity contribution in [1.29, 1.82) is 0 Å². The average Bonchev–Trinajstić information content (AvgIpc) is 3.37. The van der Waals surface area contributed by atoms with Gasteiger partial charge in [-0.3, -0.25) is 9.59 Å². The van der Waals surface area contributed by atoms with Crippen molar-refractivity contribution < 1.29 is 14.0 Å². The molecule has 9 nitrogen and oxygen atoms in total. The van der Waals surface area contributed by atoms with Gasteiger partial charge in [-0.25, -0.2) is 4.68 Å². The summed E-state index contributed by atoms with van der Waals surface area (Å²) >= 11 is 1.42. The van der Waals surface area contributed by atoms with Crippen molar-refractivity contribution in [3.8, 4) is 0 Å². The zero-order valence-electron chi connectivity index (χ0n) is 15.3. The van der Waals surface area contributed by atoms with E-state index in [0.717, 1.165) is 5.56 Å². The molecule has 10 heteroatoms. The first-order valence-electron chi connectivity index (χ1n) is 8.63. The molecular weight excluding hydrogens is 380 g/mol. The minimum atomic E-state index is -0.196. The van der Waals surface area contributed by atoms with E-state index >= 15 is 0 Å². The largest absolute Gasteiger partial charge is 0.467 e. The maximum atomic E-state index is 12.3. The molecule has 0 unspecified atom stereocenters. The number of furan rings is 1. The highest BCUT2D eigenvalue weighted by Gasteiger charge is 2.09. The number of hydrogen-bond donors (Lipinski definition) is 2.